The summed E-state index contributed by atoms with van der Waals surface area (Å²) in [5.74, 6) is -2.05. The first-order valence-corrected chi connectivity index (χ1v) is 45.6. The average molecular weight is 2010 g/mol. The van der Waals surface area contributed by atoms with Crippen LogP contribution >= 0.6 is 31.9 Å². The number of halogens is 2. The van der Waals surface area contributed by atoms with E-state index in [0.717, 1.165) is 82.1 Å². The van der Waals surface area contributed by atoms with Gasteiger partial charge in [0.1, 0.15) is 40.2 Å². The van der Waals surface area contributed by atoms with Crippen LogP contribution in [0, 0.1) is 73.1 Å². The molecule has 0 saturated carbocycles. The number of nitrogens with zero attached hydrogens (tertiary/aromatic N) is 4. The van der Waals surface area contributed by atoms with Crippen LogP contribution in [0.25, 0.3) is 22.3 Å². The Kier molecular flexibility index (Phi) is 47.9. The number of amides is 5. The Hall–Kier alpha value is -14.2. The number of methoxy groups -OCH3 is 6. The second kappa shape index (κ2) is 58.8. The molecule has 1 saturated heterocycles. The number of aromatic nitrogens is 3. The van der Waals surface area contributed by atoms with Gasteiger partial charge in [-0.2, -0.15) is 5.10 Å². The van der Waals surface area contributed by atoms with Gasteiger partial charge in [0.2, 0.25) is 17.7 Å². The number of rotatable bonds is 36. The minimum Gasteiger partial charge on any atom is -0.467 e. The highest BCUT2D eigenvalue weighted by Gasteiger charge is 2.36. The van der Waals surface area contributed by atoms with Gasteiger partial charge in [0.15, 0.2) is 0 Å². The summed E-state index contributed by atoms with van der Waals surface area (Å²) in [6, 6.07) is 35.9. The van der Waals surface area contributed by atoms with Crippen LogP contribution in [0.1, 0.15) is 154 Å². The molecule has 4 atom stereocenters. The van der Waals surface area contributed by atoms with Crippen molar-refractivity contribution in [2.45, 2.75) is 146 Å². The molecule has 1 aliphatic heterocycles. The standard InChI is InChI=1S/C22H27NO4.C17H18BrNO4.C17H20N2O4.C17H17NO4.C17H18O4.C14H20BrN3O3/c1-15-12-13-17(14-16(15)2)23-22(26)19-9-5-4-8-18(19)20(24)10-6-7-11-21(25)27-3;1-23-17(22)8-3-2-7-15(20)12-9-16(21)19(11-12)14-6-4-5-13(18)10-14;1-12-10-15(17(21)18-8-4-7-16(20)22-3)13(2)19(12)11-14-6-5-9-23-14;1-12-11-14(16(22-12)13-7-4-3-5-8-13)17(20)18-10-6-9-15(19)21-2;1-12-7-8-15-13(11-21-16(15)9-12)10-14(18)5-3-4-6-17(19)20-2;1-9(18-11(3)14(15)10(2)17-18)8-12(19)16-7-5-6-13(20)21-4/h4-5,7,11-14,18-19H,6,8-10H2,1-3H3,(H,23,26);3-6,8,10,12H,2,7,9,11H2,1H3;4-7,9-10H,8,11H2,1-3H3,(H,18,21);3-9,11H,10H2,1-2H3,(H,18,20);4,6-9,11H,3,5,10H2,1-2H3;5-6,9H,7-8H2,1-4H3,(H,16,19)/b11-7+;8-3+;7-4+;9-6+;6-4+;6-5+. The molecule has 33 heteroatoms. The number of ether oxygens (including phenoxy) is 6. The van der Waals surface area contributed by atoms with Crippen LogP contribution < -0.4 is 26.2 Å². The van der Waals surface area contributed by atoms with E-state index in [1.54, 1.807) is 60.8 Å². The monoisotopic (exact) mass is 2010 g/mol. The summed E-state index contributed by atoms with van der Waals surface area (Å²) in [4.78, 5) is 165. The first-order valence-electron chi connectivity index (χ1n) is 44.0. The van der Waals surface area contributed by atoms with E-state index >= 15 is 0 Å². The van der Waals surface area contributed by atoms with Gasteiger partial charge in [0.25, 0.3) is 11.8 Å². The predicted molar refractivity (Wildman–Crippen MR) is 526 cm³/mol. The fourth-order valence-electron chi connectivity index (χ4n) is 13.9. The zero-order chi connectivity index (χ0) is 101. The lowest BCUT2D eigenvalue weighted by molar-refractivity contribution is -0.135. The molecule has 31 nitrogen and oxygen atoms in total. The maximum atomic E-state index is 12.8. The fraction of sp³-hybridized carbons (Fsp3) is 0.337. The molecule has 0 spiro atoms. The van der Waals surface area contributed by atoms with Gasteiger partial charge in [-0.3, -0.25) is 43.0 Å². The molecular weight excluding hydrogens is 1890 g/mol. The van der Waals surface area contributed by atoms with Crippen molar-refractivity contribution in [2.24, 2.45) is 17.8 Å². The lowest BCUT2D eigenvalue weighted by Crippen LogP contribution is -2.34. The third kappa shape index (κ3) is 37.9. The van der Waals surface area contributed by atoms with Crippen LogP contribution in [0.15, 0.2) is 235 Å². The van der Waals surface area contributed by atoms with E-state index in [2.05, 4.69) is 86.6 Å². The Morgan fingerprint density at radius 1 is 0.547 bits per heavy atom. The number of esters is 6. The maximum Gasteiger partial charge on any atom is 0.330 e. The Labute approximate surface area is 814 Å². The zero-order valence-corrected chi connectivity index (χ0v) is 82.9. The highest BCUT2D eigenvalue weighted by molar-refractivity contribution is 9.10. The van der Waals surface area contributed by atoms with E-state index in [1.807, 2.05) is 186 Å². The first-order chi connectivity index (χ1) is 65.5. The Balaban J connectivity index is 0.000000253. The van der Waals surface area contributed by atoms with E-state index in [9.17, 15) is 67.1 Å². The molecule has 0 radical (unpaired) electrons. The van der Waals surface area contributed by atoms with Crippen LogP contribution in [0.2, 0.25) is 0 Å². The van der Waals surface area contributed by atoms with Gasteiger partial charge >= 0.3 is 35.8 Å². The van der Waals surface area contributed by atoms with Gasteiger partial charge in [-0.15, -0.1) is 0 Å². The van der Waals surface area contributed by atoms with Crippen LogP contribution in [0.5, 0.6) is 0 Å². The molecule has 0 bridgehead atoms. The van der Waals surface area contributed by atoms with Gasteiger partial charge in [0.05, 0.1) is 101 Å². The van der Waals surface area contributed by atoms with Crippen molar-refractivity contribution in [2.75, 3.05) is 79.1 Å². The number of fused-ring (bicyclic) bond motifs is 1. The Morgan fingerprint density at radius 3 is 1.65 bits per heavy atom. The van der Waals surface area contributed by atoms with Crippen LogP contribution in [0.4, 0.5) is 11.4 Å². The molecule has 1 fully saturated rings. The summed E-state index contributed by atoms with van der Waals surface area (Å²) in [5.41, 5.74) is 12.3. The summed E-state index contributed by atoms with van der Waals surface area (Å²) < 4.78 is 49.1. The number of hydrogen-bond acceptors (Lipinski definition) is 24. The summed E-state index contributed by atoms with van der Waals surface area (Å²) in [6.07, 6.45) is 29.0. The highest BCUT2D eigenvalue weighted by atomic mass is 79.9. The third-order valence-corrected chi connectivity index (χ3v) is 23.1. The molecular formula is C104H120Br2N8O23. The Bertz CT molecular complexity index is 5860. The molecule has 4 unspecified atom stereocenters. The normalized spacial score (nSPS) is 13.9. The van der Waals surface area contributed by atoms with Crippen LogP contribution in [-0.2, 0) is 98.9 Å². The number of carbonyl (C=O) groups excluding carboxylic acids is 14. The predicted octanol–water partition coefficient (Wildman–Crippen LogP) is 17.1. The smallest absolute Gasteiger partial charge is 0.330 e. The number of ketones is 3. The van der Waals surface area contributed by atoms with Crippen molar-refractivity contribution in [3.8, 4) is 11.3 Å². The number of benzene rings is 4. The molecule has 137 heavy (non-hydrogen) atoms. The highest BCUT2D eigenvalue weighted by Crippen LogP contribution is 2.33. The SMILES string of the molecule is COC(=O)/C=C/CCC(=O)C1CC(=O)N(c2cccc(Br)c2)C1.COC(=O)/C=C/CCC(=O)C1CC=CCC1C(=O)Nc1ccc(C)c(C)c1.COC(=O)/C=C/CCC(=O)Cc1coc2cc(C)ccc12.COC(=O)/C=C/CNC(=O)CC(C)n1nc(C)c(Br)c1C.COC(=O)/C=C/CNC(=O)c1cc(C)n(Cc2ccco2)c1C.COC(=O)/C=C/CNC(=O)c1cc(C)oc1-c1ccccc1. The zero-order valence-electron chi connectivity index (χ0n) is 79.8. The molecule has 6 heterocycles. The third-order valence-electron chi connectivity index (χ3n) is 21.5. The first kappa shape index (κ1) is 112. The second-order valence-corrected chi connectivity index (χ2v) is 33.2. The molecule has 5 aromatic heterocycles. The van der Waals surface area contributed by atoms with E-state index in [0.29, 0.717) is 106 Å². The number of allylic oxidation sites excluding steroid dienone is 5. The number of aryl methyl sites for hydroxylation is 6. The fourth-order valence-corrected chi connectivity index (χ4v) is 14.6. The number of carbonyl (C=O) groups is 14. The van der Waals surface area contributed by atoms with Crippen molar-refractivity contribution >= 4 is 137 Å². The van der Waals surface area contributed by atoms with Crippen molar-refractivity contribution in [1.29, 1.82) is 0 Å². The van der Waals surface area contributed by atoms with Crippen LogP contribution in [-0.4, -0.2) is 166 Å². The van der Waals surface area contributed by atoms with Crippen molar-refractivity contribution < 1.29 is 109 Å². The number of nitrogens with one attached hydrogen (secondary N) is 4. The topological polar surface area (TPSA) is 408 Å². The largest absolute Gasteiger partial charge is 0.467 e. The molecule has 4 N–H and O–H groups in total. The van der Waals surface area contributed by atoms with Gasteiger partial charge in [0, 0.05) is 157 Å². The summed E-state index contributed by atoms with van der Waals surface area (Å²) in [6.45, 7) is 19.3. The van der Waals surface area contributed by atoms with Gasteiger partial charge in [-0.25, -0.2) is 28.8 Å². The average Bonchev–Trinajstić information content (AvgIpc) is 1.79. The molecule has 9 aromatic rings. The molecule has 2 aliphatic rings. The quantitative estimate of drug-likeness (QED) is 0.0123. The van der Waals surface area contributed by atoms with Crippen molar-refractivity contribution in [3.63, 3.8) is 0 Å². The molecule has 5 amide bonds. The van der Waals surface area contributed by atoms with E-state index in [1.165, 1.54) is 90.8 Å². The molecule has 1 aliphatic carbocycles. The van der Waals surface area contributed by atoms with E-state index < -0.39 is 35.8 Å². The molecule has 11 rings (SSSR count). The number of anilines is 2. The molecule has 4 aromatic carbocycles. The van der Waals surface area contributed by atoms with Crippen molar-refractivity contribution in [3.05, 3.63) is 289 Å². The summed E-state index contributed by atoms with van der Waals surface area (Å²) >= 11 is 6.85. The Morgan fingerprint density at radius 2 is 1.10 bits per heavy atom. The summed E-state index contributed by atoms with van der Waals surface area (Å²) in [7, 11) is 7.84. The minimum absolute atomic E-state index is 0.0356. The van der Waals surface area contributed by atoms with E-state index in [4.69, 9.17) is 13.3 Å². The second-order valence-electron chi connectivity index (χ2n) is 31.5. The van der Waals surface area contributed by atoms with E-state index in [-0.39, 0.29) is 90.2 Å². The lowest BCUT2D eigenvalue weighted by atomic mass is 9.78. The van der Waals surface area contributed by atoms with Crippen molar-refractivity contribution in [1.82, 2.24) is 30.3 Å². The van der Waals surface area contributed by atoms with Crippen LogP contribution in [0.3, 0.4) is 0 Å². The summed E-state index contributed by atoms with van der Waals surface area (Å²) in [5, 5.41) is 16.5. The molecule has 728 valence electrons. The van der Waals surface area contributed by atoms with Gasteiger partial charge < -0.3 is 72.4 Å². The lowest BCUT2D eigenvalue weighted by Gasteiger charge is -2.26. The maximum absolute atomic E-state index is 12.8. The number of furan rings is 3. The number of Topliss-reactive ketones (excluding diaryl/α,β-unsaturated/α-hetero) is 3. The minimum atomic E-state index is -0.460. The van der Waals surface area contributed by atoms with Gasteiger partial charge in [-0.1, -0.05) is 119 Å². The van der Waals surface area contributed by atoms with Gasteiger partial charge in [-0.05, 0) is 188 Å². The number of hydrogen-bond donors (Lipinski definition) is 4.